The minimum Gasteiger partial charge on any atom is -0.469 e. The average Bonchev–Trinajstić information content (AvgIpc) is 3.21. The second kappa shape index (κ2) is 9.10. The Balaban J connectivity index is 1.60. The van der Waals surface area contributed by atoms with Crippen molar-refractivity contribution in [3.05, 3.63) is 58.0 Å². The Morgan fingerprint density at radius 2 is 1.96 bits per heavy atom. The number of hydrogen-bond acceptors (Lipinski definition) is 4. The number of methoxy groups -OCH3 is 1. The van der Waals surface area contributed by atoms with Crippen LogP contribution in [0, 0.1) is 11.7 Å². The van der Waals surface area contributed by atoms with E-state index in [0.717, 1.165) is 41.3 Å². The first-order chi connectivity index (χ1) is 13.1. The van der Waals surface area contributed by atoms with E-state index in [1.807, 2.05) is 17.5 Å². The van der Waals surface area contributed by atoms with E-state index in [-0.39, 0.29) is 29.7 Å². The van der Waals surface area contributed by atoms with Gasteiger partial charge in [-0.25, -0.2) is 4.39 Å². The van der Waals surface area contributed by atoms with Gasteiger partial charge in [-0.1, -0.05) is 18.2 Å². The molecule has 2 heterocycles. The molecule has 1 aromatic heterocycles. The number of rotatable bonds is 6. The first-order valence-electron chi connectivity index (χ1n) is 9.06. The number of quaternary nitrogens is 1. The molecule has 0 unspecified atom stereocenters. The molecule has 0 bridgehead atoms. The van der Waals surface area contributed by atoms with Crippen LogP contribution in [0.1, 0.15) is 29.3 Å². The Hall–Kier alpha value is -2.25. The third-order valence-corrected chi connectivity index (χ3v) is 5.91. The molecule has 0 aliphatic carbocycles. The second-order valence-electron chi connectivity index (χ2n) is 6.79. The van der Waals surface area contributed by atoms with E-state index in [2.05, 4.69) is 5.32 Å². The van der Waals surface area contributed by atoms with Crippen LogP contribution in [0.3, 0.4) is 0 Å². The molecule has 1 fully saturated rings. The fraction of sp³-hybridized carbons (Fsp3) is 0.400. The fourth-order valence-electron chi connectivity index (χ4n) is 3.47. The molecular weight excluding hydrogens is 367 g/mol. The highest BCUT2D eigenvalue weighted by molar-refractivity contribution is 7.10. The largest absolute Gasteiger partial charge is 0.469 e. The molecule has 27 heavy (non-hydrogen) atoms. The summed E-state index contributed by atoms with van der Waals surface area (Å²) >= 11 is 1.56. The number of halogens is 1. The summed E-state index contributed by atoms with van der Waals surface area (Å²) in [6.07, 6.45) is 1.48. The van der Waals surface area contributed by atoms with E-state index in [0.29, 0.717) is 6.54 Å². The van der Waals surface area contributed by atoms with Crippen molar-refractivity contribution in [3.63, 3.8) is 0 Å². The zero-order chi connectivity index (χ0) is 19.2. The maximum absolute atomic E-state index is 13.3. The first kappa shape index (κ1) is 19.5. The van der Waals surface area contributed by atoms with Gasteiger partial charge in [-0.05, 0) is 29.1 Å². The highest BCUT2D eigenvalue weighted by Gasteiger charge is 2.29. The molecule has 1 aromatic carbocycles. The lowest BCUT2D eigenvalue weighted by Crippen LogP contribution is -3.14. The van der Waals surface area contributed by atoms with E-state index in [9.17, 15) is 14.0 Å². The summed E-state index contributed by atoms with van der Waals surface area (Å²) < 4.78 is 18.1. The van der Waals surface area contributed by atoms with Crippen LogP contribution in [0.5, 0.6) is 0 Å². The molecule has 1 atom stereocenters. The number of nitrogens with one attached hydrogen (secondary N) is 2. The number of carbonyl (C=O) groups is 2. The van der Waals surface area contributed by atoms with Crippen LogP contribution in [-0.4, -0.2) is 38.6 Å². The number of esters is 1. The quantitative estimate of drug-likeness (QED) is 0.735. The van der Waals surface area contributed by atoms with Gasteiger partial charge in [0.1, 0.15) is 5.82 Å². The monoisotopic (exact) mass is 391 g/mol. The van der Waals surface area contributed by atoms with E-state index >= 15 is 0 Å². The topological polar surface area (TPSA) is 59.8 Å². The maximum atomic E-state index is 13.3. The van der Waals surface area contributed by atoms with Crippen LogP contribution in [0.25, 0.3) is 0 Å². The Labute approximate surface area is 162 Å². The summed E-state index contributed by atoms with van der Waals surface area (Å²) in [6.45, 7) is 1.90. The summed E-state index contributed by atoms with van der Waals surface area (Å²) in [5.74, 6) is -0.565. The number of ether oxygens (including phenoxy) is 1. The van der Waals surface area contributed by atoms with Gasteiger partial charge in [0.25, 0.3) is 5.91 Å². The zero-order valence-electron chi connectivity index (χ0n) is 15.2. The summed E-state index contributed by atoms with van der Waals surface area (Å²) in [7, 11) is 1.41. The lowest BCUT2D eigenvalue weighted by Gasteiger charge is -2.28. The van der Waals surface area contributed by atoms with Crippen molar-refractivity contribution in [1.29, 1.82) is 0 Å². The molecule has 0 saturated carbocycles. The number of hydrogen-bond donors (Lipinski definition) is 2. The van der Waals surface area contributed by atoms with E-state index in [1.54, 1.807) is 23.5 Å². The third-order valence-electron chi connectivity index (χ3n) is 4.97. The van der Waals surface area contributed by atoms with Crippen LogP contribution in [0.2, 0.25) is 0 Å². The van der Waals surface area contributed by atoms with Crippen LogP contribution >= 0.6 is 11.3 Å². The molecule has 1 saturated heterocycles. The molecule has 5 nitrogen and oxygen atoms in total. The Morgan fingerprint density at radius 1 is 1.26 bits per heavy atom. The maximum Gasteiger partial charge on any atom is 0.309 e. The molecule has 1 aliphatic heterocycles. The second-order valence-corrected chi connectivity index (χ2v) is 7.77. The molecule has 2 N–H and O–H groups in total. The number of likely N-dealkylation sites (tertiary alicyclic amines) is 1. The van der Waals surface area contributed by atoms with E-state index in [1.165, 1.54) is 19.2 Å². The predicted octanol–water partition coefficient (Wildman–Crippen LogP) is 1.56. The molecule has 0 radical (unpaired) electrons. The SMILES string of the molecule is COC(=O)C1CC[NH+](CC(=O)N[C@@H](c2ccc(F)cc2)c2cccs2)CC1. The molecule has 0 spiro atoms. The predicted molar refractivity (Wildman–Crippen MR) is 101 cm³/mol. The van der Waals surface area contributed by atoms with Crippen LogP contribution in [-0.2, 0) is 14.3 Å². The lowest BCUT2D eigenvalue weighted by molar-refractivity contribution is -0.897. The van der Waals surface area contributed by atoms with Gasteiger partial charge in [0.05, 0.1) is 32.2 Å². The summed E-state index contributed by atoms with van der Waals surface area (Å²) in [5, 5.41) is 5.04. The summed E-state index contributed by atoms with van der Waals surface area (Å²) in [5.41, 5.74) is 0.853. The minimum atomic E-state index is -0.298. The normalized spacial score (nSPS) is 20.7. The van der Waals surface area contributed by atoms with E-state index < -0.39 is 0 Å². The number of carbonyl (C=O) groups excluding carboxylic acids is 2. The molecule has 3 rings (SSSR count). The van der Waals surface area contributed by atoms with Gasteiger partial charge in [-0.3, -0.25) is 9.59 Å². The van der Waals surface area contributed by atoms with Gasteiger partial charge < -0.3 is 15.0 Å². The van der Waals surface area contributed by atoms with Gasteiger partial charge in [0.2, 0.25) is 0 Å². The standard InChI is InChI=1S/C20H23FN2O3S/c1-26-20(25)15-8-10-23(11-9-15)13-18(24)22-19(17-3-2-12-27-17)14-4-6-16(21)7-5-14/h2-7,12,15,19H,8-11,13H2,1H3,(H,22,24)/p+1/t19-/m0/s1. The Bertz CT molecular complexity index is 756. The minimum absolute atomic E-state index is 0.0516. The van der Waals surface area contributed by atoms with Crippen LogP contribution in [0.4, 0.5) is 4.39 Å². The average molecular weight is 391 g/mol. The highest BCUT2D eigenvalue weighted by Crippen LogP contribution is 2.26. The lowest BCUT2D eigenvalue weighted by atomic mass is 9.97. The molecule has 7 heteroatoms. The number of piperidine rings is 1. The number of thiophene rings is 1. The highest BCUT2D eigenvalue weighted by atomic mass is 32.1. The van der Waals surface area contributed by atoms with Crippen molar-refractivity contribution < 1.29 is 23.6 Å². The molecule has 144 valence electrons. The van der Waals surface area contributed by atoms with E-state index in [4.69, 9.17) is 4.74 Å². The number of benzene rings is 1. The Morgan fingerprint density at radius 3 is 2.56 bits per heavy atom. The molecular formula is C20H24FN2O3S+. The van der Waals surface area contributed by atoms with Crippen molar-refractivity contribution in [3.8, 4) is 0 Å². The molecule has 1 aliphatic rings. The van der Waals surface area contributed by atoms with Crippen LogP contribution in [0.15, 0.2) is 41.8 Å². The summed E-state index contributed by atoms with van der Waals surface area (Å²) in [4.78, 5) is 26.4. The third kappa shape index (κ3) is 5.14. The van der Waals surface area contributed by atoms with Gasteiger partial charge in [0.15, 0.2) is 6.54 Å². The van der Waals surface area contributed by atoms with Gasteiger partial charge >= 0.3 is 5.97 Å². The first-order valence-corrected chi connectivity index (χ1v) is 9.94. The smallest absolute Gasteiger partial charge is 0.309 e. The molecule has 2 aromatic rings. The summed E-state index contributed by atoms with van der Waals surface area (Å²) in [6, 6.07) is 9.84. The fourth-order valence-corrected chi connectivity index (χ4v) is 4.28. The van der Waals surface area contributed by atoms with Crippen molar-refractivity contribution >= 4 is 23.2 Å². The van der Waals surface area contributed by atoms with Crippen molar-refractivity contribution in [2.24, 2.45) is 5.92 Å². The molecule has 1 amide bonds. The van der Waals surface area contributed by atoms with Crippen molar-refractivity contribution in [1.82, 2.24) is 5.32 Å². The zero-order valence-corrected chi connectivity index (χ0v) is 16.1. The van der Waals surface area contributed by atoms with Crippen molar-refractivity contribution in [2.45, 2.75) is 18.9 Å². The van der Waals surface area contributed by atoms with Crippen LogP contribution < -0.4 is 10.2 Å². The van der Waals surface area contributed by atoms with Crippen molar-refractivity contribution in [2.75, 3.05) is 26.7 Å². The Kier molecular flexibility index (Phi) is 6.58. The number of amides is 1. The van der Waals surface area contributed by atoms with Gasteiger partial charge in [-0.15, -0.1) is 11.3 Å². The van der Waals surface area contributed by atoms with Gasteiger partial charge in [0, 0.05) is 17.7 Å². The van der Waals surface area contributed by atoms with Gasteiger partial charge in [-0.2, -0.15) is 0 Å².